The van der Waals surface area contributed by atoms with Gasteiger partial charge in [-0.2, -0.15) is 0 Å². The van der Waals surface area contributed by atoms with Crippen molar-refractivity contribution in [3.8, 4) is 28.7 Å². The van der Waals surface area contributed by atoms with E-state index in [0.29, 0.717) is 5.39 Å². The Morgan fingerprint density at radius 2 is 1.65 bits per heavy atom. The maximum Gasteiger partial charge on any atom is 0.347 e. The molecule has 3 aromatic rings. The number of aromatic hydroxyl groups is 3. The summed E-state index contributed by atoms with van der Waals surface area (Å²) >= 11 is 0. The lowest BCUT2D eigenvalue weighted by molar-refractivity contribution is -0.152. The van der Waals surface area contributed by atoms with Crippen molar-refractivity contribution in [1.29, 1.82) is 0 Å². The van der Waals surface area contributed by atoms with Crippen LogP contribution in [0.3, 0.4) is 0 Å². The lowest BCUT2D eigenvalue weighted by Gasteiger charge is -2.37. The Morgan fingerprint density at radius 3 is 2.35 bits per heavy atom. The highest BCUT2D eigenvalue weighted by Gasteiger charge is 2.61. The highest BCUT2D eigenvalue weighted by molar-refractivity contribution is 6.28. The number of rotatable bonds is 1. The topological polar surface area (TPSA) is 190 Å². The van der Waals surface area contributed by atoms with E-state index in [1.807, 2.05) is 0 Å². The SMILES string of the molecule is COC1=CC(=O)c2c(O)c3c(c(O)c2C1=O)OC1(Oc2c(cc4cc(C)oc(=O)c4c2O)C[C@@H]1O)C3=O. The number of hydrogen-bond acceptors (Lipinski definition) is 12. The zero-order chi connectivity index (χ0) is 26.5. The van der Waals surface area contributed by atoms with Gasteiger partial charge >= 0.3 is 11.4 Å². The Bertz CT molecular complexity index is 1730. The van der Waals surface area contributed by atoms with Gasteiger partial charge in [0, 0.05) is 18.1 Å². The standard InChI is InChI=1S/C25H16O12/c1-7-3-8-4-9-5-12(27)25(36-21(9)19(30)13(8)24(33)35-7)23(32)16-18(29)14-10(26)6-11(34-2)17(28)15(14)20(31)22(16)37-25/h3-4,6,12,27,29-31H,5H2,1-2H3/t12-,25?/m0/s1. The van der Waals surface area contributed by atoms with Crippen LogP contribution in [0, 0.1) is 6.92 Å². The number of phenols is 3. The first-order chi connectivity index (χ1) is 17.5. The molecule has 6 rings (SSSR count). The molecule has 0 radical (unpaired) electrons. The Balaban J connectivity index is 1.54. The largest absolute Gasteiger partial charge is 0.506 e. The summed E-state index contributed by atoms with van der Waals surface area (Å²) in [5.74, 6) is -9.49. The van der Waals surface area contributed by atoms with E-state index in [1.54, 1.807) is 6.92 Å². The number of Topliss-reactive ketones (excluding diaryl/α,β-unsaturated/α-hetero) is 2. The Labute approximate surface area is 205 Å². The fourth-order valence-corrected chi connectivity index (χ4v) is 4.99. The number of hydrogen-bond donors (Lipinski definition) is 4. The molecule has 0 amide bonds. The summed E-state index contributed by atoms with van der Waals surface area (Å²) in [6.07, 6.45) is -1.26. The van der Waals surface area contributed by atoms with Crippen molar-refractivity contribution in [1.82, 2.24) is 0 Å². The van der Waals surface area contributed by atoms with E-state index in [0.717, 1.165) is 13.2 Å². The molecule has 1 spiro atoms. The maximum atomic E-state index is 13.6. The van der Waals surface area contributed by atoms with Crippen LogP contribution in [0.15, 0.2) is 33.2 Å². The Morgan fingerprint density at radius 1 is 0.946 bits per heavy atom. The number of aliphatic hydroxyl groups excluding tert-OH is 1. The molecule has 1 unspecified atom stereocenters. The van der Waals surface area contributed by atoms with Gasteiger partial charge in [0.15, 0.2) is 34.5 Å². The van der Waals surface area contributed by atoms with Crippen molar-refractivity contribution < 1.29 is 53.4 Å². The normalized spacial score (nSPS) is 21.8. The zero-order valence-corrected chi connectivity index (χ0v) is 19.1. The van der Waals surface area contributed by atoms with E-state index < -0.39 is 80.3 Å². The van der Waals surface area contributed by atoms with Crippen LogP contribution in [-0.4, -0.2) is 56.8 Å². The molecule has 12 heteroatoms. The molecule has 0 saturated carbocycles. The fourth-order valence-electron chi connectivity index (χ4n) is 4.99. The number of carbonyl (C=O) groups excluding carboxylic acids is 3. The second-order valence-electron chi connectivity index (χ2n) is 8.80. The van der Waals surface area contributed by atoms with Crippen LogP contribution >= 0.6 is 0 Å². The first kappa shape index (κ1) is 22.6. The maximum absolute atomic E-state index is 13.6. The third kappa shape index (κ3) is 2.69. The monoisotopic (exact) mass is 508 g/mol. The highest BCUT2D eigenvalue weighted by atomic mass is 16.7. The number of aliphatic hydroxyl groups is 1. The molecule has 2 aromatic carbocycles. The predicted octanol–water partition coefficient (Wildman–Crippen LogP) is 1.39. The predicted molar refractivity (Wildman–Crippen MR) is 120 cm³/mol. The van der Waals surface area contributed by atoms with E-state index in [-0.39, 0.29) is 28.9 Å². The summed E-state index contributed by atoms with van der Waals surface area (Å²) < 4.78 is 21.2. The van der Waals surface area contributed by atoms with Gasteiger partial charge in [0.05, 0.1) is 18.2 Å². The average Bonchev–Trinajstić information content (AvgIpc) is 3.13. The summed E-state index contributed by atoms with van der Waals surface area (Å²) in [5.41, 5.74) is -2.65. The van der Waals surface area contributed by atoms with Crippen LogP contribution in [0.2, 0.25) is 0 Å². The molecule has 1 aromatic heterocycles. The molecule has 0 bridgehead atoms. The molecule has 3 heterocycles. The van der Waals surface area contributed by atoms with Crippen molar-refractivity contribution >= 4 is 28.1 Å². The van der Waals surface area contributed by atoms with Gasteiger partial charge in [0.25, 0.3) is 5.78 Å². The number of benzene rings is 2. The first-order valence-electron chi connectivity index (χ1n) is 10.9. The number of methoxy groups -OCH3 is 1. The lowest BCUT2D eigenvalue weighted by atomic mass is 9.86. The average molecular weight is 508 g/mol. The number of carbonyl (C=O) groups is 3. The van der Waals surface area contributed by atoms with E-state index in [1.165, 1.54) is 12.1 Å². The molecular weight excluding hydrogens is 492 g/mol. The molecule has 2 atom stereocenters. The van der Waals surface area contributed by atoms with Gasteiger partial charge in [-0.25, -0.2) is 4.79 Å². The summed E-state index contributed by atoms with van der Waals surface area (Å²) in [4.78, 5) is 51.3. The molecule has 2 aliphatic heterocycles. The van der Waals surface area contributed by atoms with Crippen molar-refractivity contribution in [2.75, 3.05) is 7.11 Å². The molecule has 188 valence electrons. The van der Waals surface area contributed by atoms with Crippen molar-refractivity contribution in [3.63, 3.8) is 0 Å². The summed E-state index contributed by atoms with van der Waals surface area (Å²) in [7, 11) is 1.13. The molecule has 0 fully saturated rings. The van der Waals surface area contributed by atoms with E-state index in [4.69, 9.17) is 18.6 Å². The van der Waals surface area contributed by atoms with E-state index in [2.05, 4.69) is 0 Å². The summed E-state index contributed by atoms with van der Waals surface area (Å²) in [6, 6.07) is 2.97. The van der Waals surface area contributed by atoms with Crippen LogP contribution in [0.4, 0.5) is 0 Å². The molecular formula is C25H16O12. The third-order valence-electron chi connectivity index (χ3n) is 6.66. The first-order valence-corrected chi connectivity index (χ1v) is 10.9. The van der Waals surface area contributed by atoms with Crippen molar-refractivity contribution in [3.05, 3.63) is 62.4 Å². The van der Waals surface area contributed by atoms with Crippen LogP contribution in [0.5, 0.6) is 28.7 Å². The highest BCUT2D eigenvalue weighted by Crippen LogP contribution is 2.55. The Kier molecular flexibility index (Phi) is 4.34. The number of aryl methyl sites for hydroxylation is 1. The quantitative estimate of drug-likeness (QED) is 0.346. The van der Waals surface area contributed by atoms with Gasteiger partial charge in [-0.1, -0.05) is 0 Å². The minimum absolute atomic E-state index is 0.229. The number of fused-ring (bicyclic) bond motifs is 4. The molecule has 3 aliphatic rings. The van der Waals surface area contributed by atoms with Crippen LogP contribution < -0.4 is 15.1 Å². The summed E-state index contributed by atoms with van der Waals surface area (Å²) in [5, 5.41) is 43.6. The minimum Gasteiger partial charge on any atom is -0.506 e. The van der Waals surface area contributed by atoms with Crippen LogP contribution in [0.1, 0.15) is 42.4 Å². The third-order valence-corrected chi connectivity index (χ3v) is 6.66. The van der Waals surface area contributed by atoms with Gasteiger partial charge in [0.1, 0.15) is 28.6 Å². The minimum atomic E-state index is -2.63. The molecule has 12 nitrogen and oxygen atoms in total. The van der Waals surface area contributed by atoms with Gasteiger partial charge in [0.2, 0.25) is 5.78 Å². The number of allylic oxidation sites excluding steroid dienone is 2. The van der Waals surface area contributed by atoms with Crippen LogP contribution in [0.25, 0.3) is 10.8 Å². The van der Waals surface area contributed by atoms with Gasteiger partial charge < -0.3 is 39.1 Å². The van der Waals surface area contributed by atoms with Crippen molar-refractivity contribution in [2.45, 2.75) is 25.2 Å². The molecule has 4 N–H and O–H groups in total. The zero-order valence-electron chi connectivity index (χ0n) is 19.1. The van der Waals surface area contributed by atoms with Gasteiger partial charge in [-0.3, -0.25) is 14.4 Å². The Hall–Kier alpha value is -4.84. The van der Waals surface area contributed by atoms with Crippen molar-refractivity contribution in [2.24, 2.45) is 0 Å². The fraction of sp³-hybridized carbons (Fsp3) is 0.200. The molecule has 1 aliphatic carbocycles. The smallest absolute Gasteiger partial charge is 0.347 e. The van der Waals surface area contributed by atoms with Gasteiger partial charge in [-0.05, 0) is 24.4 Å². The van der Waals surface area contributed by atoms with E-state index in [9.17, 15) is 39.6 Å². The van der Waals surface area contributed by atoms with E-state index >= 15 is 0 Å². The molecule has 37 heavy (non-hydrogen) atoms. The number of ether oxygens (including phenoxy) is 3. The van der Waals surface area contributed by atoms with Crippen LogP contribution in [-0.2, 0) is 11.2 Å². The second-order valence-corrected chi connectivity index (χ2v) is 8.80. The van der Waals surface area contributed by atoms with Gasteiger partial charge in [-0.15, -0.1) is 0 Å². The number of ketones is 3. The number of phenolic OH excluding ortho intramolecular Hbond substituents is 3. The lowest BCUT2D eigenvalue weighted by Crippen LogP contribution is -2.58. The molecule has 0 saturated heterocycles. The summed E-state index contributed by atoms with van der Waals surface area (Å²) in [6.45, 7) is 1.54. The second kappa shape index (κ2) is 7.11.